The first-order chi connectivity index (χ1) is 13.0. The van der Waals surface area contributed by atoms with Crippen molar-refractivity contribution in [3.05, 3.63) is 55.0 Å². The molecule has 1 aromatic heterocycles. The predicted molar refractivity (Wildman–Crippen MR) is 105 cm³/mol. The number of aromatic nitrogens is 2. The molecule has 0 saturated carbocycles. The number of hydrogen-bond donors (Lipinski definition) is 2. The number of nitrogens with zero attached hydrogens (tertiary/aromatic N) is 3. The number of likely N-dealkylation sites (tertiary alicyclic amines) is 1. The minimum atomic E-state index is -0.795. The SMILES string of the molecule is C=C(C(=O)N1CCCC(C)C1)n1cnc(NC(=O)[C@@H](N)c2ccccc2)c1. The van der Waals surface area contributed by atoms with Crippen LogP contribution in [0.3, 0.4) is 0 Å². The summed E-state index contributed by atoms with van der Waals surface area (Å²) in [6.45, 7) is 7.52. The van der Waals surface area contributed by atoms with Gasteiger partial charge in [-0.1, -0.05) is 43.8 Å². The van der Waals surface area contributed by atoms with E-state index < -0.39 is 6.04 Å². The predicted octanol–water partition coefficient (Wildman–Crippen LogP) is 2.25. The van der Waals surface area contributed by atoms with E-state index >= 15 is 0 Å². The Labute approximate surface area is 158 Å². The lowest BCUT2D eigenvalue weighted by atomic mass is 10.0. The zero-order valence-electron chi connectivity index (χ0n) is 15.5. The average Bonchev–Trinajstić information content (AvgIpc) is 3.15. The number of imidazole rings is 1. The molecule has 7 nitrogen and oxygen atoms in total. The van der Waals surface area contributed by atoms with Crippen molar-refractivity contribution >= 4 is 23.3 Å². The van der Waals surface area contributed by atoms with Crippen molar-refractivity contribution < 1.29 is 9.59 Å². The van der Waals surface area contributed by atoms with Crippen molar-refractivity contribution in [1.82, 2.24) is 14.5 Å². The van der Waals surface area contributed by atoms with Crippen LogP contribution in [0.1, 0.15) is 31.4 Å². The molecule has 2 aromatic rings. The molecule has 27 heavy (non-hydrogen) atoms. The second-order valence-electron chi connectivity index (χ2n) is 6.99. The molecule has 1 saturated heterocycles. The van der Waals surface area contributed by atoms with Crippen LogP contribution in [-0.2, 0) is 9.59 Å². The van der Waals surface area contributed by atoms with E-state index in [-0.39, 0.29) is 11.8 Å². The fraction of sp³-hybridized carbons (Fsp3) is 0.350. The summed E-state index contributed by atoms with van der Waals surface area (Å²) in [7, 11) is 0. The van der Waals surface area contributed by atoms with E-state index in [0.717, 1.165) is 25.9 Å². The van der Waals surface area contributed by atoms with Gasteiger partial charge in [0.15, 0.2) is 5.82 Å². The standard InChI is InChI=1S/C20H25N5O2/c1-14-7-6-10-24(11-14)20(27)15(2)25-12-17(22-13-25)23-19(26)18(21)16-8-4-3-5-9-16/h3-5,8-9,12-14,18H,2,6-7,10-11,21H2,1H3,(H,23,26)/t14?,18-/m0/s1. The monoisotopic (exact) mass is 367 g/mol. The topological polar surface area (TPSA) is 93.2 Å². The second kappa shape index (κ2) is 8.18. The van der Waals surface area contributed by atoms with Crippen LogP contribution in [0, 0.1) is 5.92 Å². The van der Waals surface area contributed by atoms with Crippen LogP contribution in [0.2, 0.25) is 0 Å². The number of carbonyl (C=O) groups excluding carboxylic acids is 2. The number of benzene rings is 1. The normalized spacial score (nSPS) is 18.0. The Bertz CT molecular complexity index is 830. The number of amides is 2. The molecule has 1 aliphatic heterocycles. The highest BCUT2D eigenvalue weighted by Gasteiger charge is 2.24. The number of hydrogen-bond acceptors (Lipinski definition) is 4. The average molecular weight is 367 g/mol. The van der Waals surface area contributed by atoms with Gasteiger partial charge in [-0.2, -0.15) is 0 Å². The maximum Gasteiger partial charge on any atom is 0.270 e. The smallest absolute Gasteiger partial charge is 0.270 e. The second-order valence-corrected chi connectivity index (χ2v) is 6.99. The Balaban J connectivity index is 1.63. The number of anilines is 1. The number of nitrogens with one attached hydrogen (secondary N) is 1. The quantitative estimate of drug-likeness (QED) is 0.793. The van der Waals surface area contributed by atoms with Gasteiger partial charge in [0.2, 0.25) is 5.91 Å². The van der Waals surface area contributed by atoms with E-state index in [0.29, 0.717) is 23.0 Å². The molecule has 2 heterocycles. The first kappa shape index (κ1) is 18.8. The van der Waals surface area contributed by atoms with Gasteiger partial charge in [0.25, 0.3) is 5.91 Å². The van der Waals surface area contributed by atoms with E-state index in [1.165, 1.54) is 10.9 Å². The third-order valence-corrected chi connectivity index (χ3v) is 4.78. The molecule has 1 unspecified atom stereocenters. The van der Waals surface area contributed by atoms with E-state index in [2.05, 4.69) is 23.8 Å². The molecular weight excluding hydrogens is 342 g/mol. The van der Waals surface area contributed by atoms with Crippen molar-refractivity contribution in [2.45, 2.75) is 25.8 Å². The highest BCUT2D eigenvalue weighted by Crippen LogP contribution is 2.19. The molecule has 0 aliphatic carbocycles. The molecule has 142 valence electrons. The molecule has 3 N–H and O–H groups in total. The fourth-order valence-electron chi connectivity index (χ4n) is 3.22. The van der Waals surface area contributed by atoms with Crippen LogP contribution in [0.25, 0.3) is 5.70 Å². The highest BCUT2D eigenvalue weighted by atomic mass is 16.2. The Hall–Kier alpha value is -2.93. The number of carbonyl (C=O) groups is 2. The lowest BCUT2D eigenvalue weighted by molar-refractivity contribution is -0.127. The minimum Gasteiger partial charge on any atom is -0.337 e. The number of piperidine rings is 1. The van der Waals surface area contributed by atoms with Crippen molar-refractivity contribution in [3.8, 4) is 0 Å². The molecular formula is C20H25N5O2. The van der Waals surface area contributed by atoms with Crippen LogP contribution < -0.4 is 11.1 Å². The third kappa shape index (κ3) is 4.43. The highest BCUT2D eigenvalue weighted by molar-refractivity contribution is 6.12. The molecule has 1 aromatic carbocycles. The van der Waals surface area contributed by atoms with Crippen molar-refractivity contribution in [3.63, 3.8) is 0 Å². The first-order valence-electron chi connectivity index (χ1n) is 9.09. The summed E-state index contributed by atoms with van der Waals surface area (Å²) in [5, 5.41) is 2.68. The molecule has 1 aliphatic rings. The first-order valence-corrected chi connectivity index (χ1v) is 9.09. The number of rotatable bonds is 5. The summed E-state index contributed by atoms with van der Waals surface area (Å²) < 4.78 is 1.53. The van der Waals surface area contributed by atoms with Gasteiger partial charge in [-0.05, 0) is 24.3 Å². The maximum atomic E-state index is 12.6. The van der Waals surface area contributed by atoms with Gasteiger partial charge >= 0.3 is 0 Å². The Morgan fingerprint density at radius 1 is 1.33 bits per heavy atom. The van der Waals surface area contributed by atoms with Crippen molar-refractivity contribution in [2.75, 3.05) is 18.4 Å². The van der Waals surface area contributed by atoms with Crippen molar-refractivity contribution in [2.24, 2.45) is 11.7 Å². The lowest BCUT2D eigenvalue weighted by Crippen LogP contribution is -2.40. The molecule has 2 amide bonds. The summed E-state index contributed by atoms with van der Waals surface area (Å²) in [4.78, 5) is 30.9. The molecule has 0 bridgehead atoms. The molecule has 7 heteroatoms. The molecule has 0 spiro atoms. The van der Waals surface area contributed by atoms with E-state index in [4.69, 9.17) is 5.73 Å². The van der Waals surface area contributed by atoms with Gasteiger partial charge in [0.05, 0.1) is 6.20 Å². The lowest BCUT2D eigenvalue weighted by Gasteiger charge is -2.31. The van der Waals surface area contributed by atoms with Gasteiger partial charge in [-0.3, -0.25) is 14.2 Å². The zero-order chi connectivity index (χ0) is 19.4. The Kier molecular flexibility index (Phi) is 5.71. The van der Waals surface area contributed by atoms with Crippen LogP contribution in [0.4, 0.5) is 5.82 Å². The van der Waals surface area contributed by atoms with E-state index in [1.807, 2.05) is 23.1 Å². The fourth-order valence-corrected chi connectivity index (χ4v) is 3.22. The largest absolute Gasteiger partial charge is 0.337 e. The summed E-state index contributed by atoms with van der Waals surface area (Å²) in [6, 6.07) is 8.31. The Morgan fingerprint density at radius 3 is 2.78 bits per heavy atom. The van der Waals surface area contributed by atoms with Gasteiger partial charge in [0.1, 0.15) is 18.1 Å². The van der Waals surface area contributed by atoms with Crippen LogP contribution >= 0.6 is 0 Å². The van der Waals surface area contributed by atoms with Gasteiger partial charge in [-0.15, -0.1) is 0 Å². The van der Waals surface area contributed by atoms with Crippen molar-refractivity contribution in [1.29, 1.82) is 0 Å². The van der Waals surface area contributed by atoms with E-state index in [9.17, 15) is 9.59 Å². The summed E-state index contributed by atoms with van der Waals surface area (Å²) in [5.41, 5.74) is 7.01. The van der Waals surface area contributed by atoms with E-state index in [1.54, 1.807) is 18.3 Å². The molecule has 1 fully saturated rings. The molecule has 3 rings (SSSR count). The van der Waals surface area contributed by atoms with Crippen LogP contribution in [0.5, 0.6) is 0 Å². The Morgan fingerprint density at radius 2 is 2.07 bits per heavy atom. The third-order valence-electron chi connectivity index (χ3n) is 4.78. The number of nitrogens with two attached hydrogens (primary N) is 1. The summed E-state index contributed by atoms with van der Waals surface area (Å²) >= 11 is 0. The summed E-state index contributed by atoms with van der Waals surface area (Å²) in [6.07, 6.45) is 5.18. The molecule has 2 atom stereocenters. The molecule has 0 radical (unpaired) electrons. The van der Waals surface area contributed by atoms with Gasteiger partial charge in [-0.25, -0.2) is 4.98 Å². The minimum absolute atomic E-state index is 0.113. The zero-order valence-corrected chi connectivity index (χ0v) is 15.5. The maximum absolute atomic E-state index is 12.6. The summed E-state index contributed by atoms with van der Waals surface area (Å²) in [5.74, 6) is 0.339. The van der Waals surface area contributed by atoms with Gasteiger partial charge < -0.3 is 16.0 Å². The van der Waals surface area contributed by atoms with Crippen LogP contribution in [-0.4, -0.2) is 39.4 Å². The van der Waals surface area contributed by atoms with Gasteiger partial charge in [0, 0.05) is 13.1 Å². The van der Waals surface area contributed by atoms with Crippen LogP contribution in [0.15, 0.2) is 49.4 Å².